The second kappa shape index (κ2) is 9.85. The van der Waals surface area contributed by atoms with Gasteiger partial charge in [-0.05, 0) is 69.3 Å². The maximum Gasteiger partial charge on any atom is 0.238 e. The van der Waals surface area contributed by atoms with E-state index in [4.69, 9.17) is 5.73 Å². The fourth-order valence-corrected chi connectivity index (χ4v) is 5.85. The zero-order valence-corrected chi connectivity index (χ0v) is 18.8. The smallest absolute Gasteiger partial charge is 0.238 e. The van der Waals surface area contributed by atoms with Gasteiger partial charge in [0.1, 0.15) is 11.0 Å². The summed E-state index contributed by atoms with van der Waals surface area (Å²) in [4.78, 5) is 15.1. The van der Waals surface area contributed by atoms with Crippen molar-refractivity contribution in [3.05, 3.63) is 71.8 Å². The van der Waals surface area contributed by atoms with Crippen molar-refractivity contribution in [2.24, 2.45) is 5.73 Å². The number of piperidine rings is 2. The number of likely N-dealkylation sites (tertiary alicyclic amines) is 1. The Balaban J connectivity index is 1.65. The highest BCUT2D eigenvalue weighted by Gasteiger charge is 2.47. The molecule has 4 rings (SSSR count). The quantitative estimate of drug-likeness (QED) is 0.701. The lowest BCUT2D eigenvalue weighted by Crippen LogP contribution is -2.65. The molecule has 1 unspecified atom stereocenters. The second-order valence-electron chi connectivity index (χ2n) is 9.28. The van der Waals surface area contributed by atoms with Gasteiger partial charge in [0.2, 0.25) is 5.91 Å². The van der Waals surface area contributed by atoms with Gasteiger partial charge in [0.15, 0.2) is 0 Å². The van der Waals surface area contributed by atoms with Crippen LogP contribution in [0.5, 0.6) is 0 Å². The molecule has 3 N–H and O–H groups in total. The number of nitrogens with zero attached hydrogens (tertiary/aromatic N) is 2. The summed E-state index contributed by atoms with van der Waals surface area (Å²) < 4.78 is 0. The molecule has 2 fully saturated rings. The first-order valence-electron chi connectivity index (χ1n) is 11.9. The van der Waals surface area contributed by atoms with E-state index in [0.717, 1.165) is 69.3 Å². The van der Waals surface area contributed by atoms with Gasteiger partial charge >= 0.3 is 0 Å². The zero-order valence-electron chi connectivity index (χ0n) is 18.8. The predicted molar refractivity (Wildman–Crippen MR) is 127 cm³/mol. The van der Waals surface area contributed by atoms with E-state index in [0.29, 0.717) is 6.42 Å². The third-order valence-electron chi connectivity index (χ3n) is 7.64. The van der Waals surface area contributed by atoms with Crippen LogP contribution in [0.25, 0.3) is 0 Å². The van der Waals surface area contributed by atoms with Crippen molar-refractivity contribution in [2.75, 3.05) is 19.6 Å². The summed E-state index contributed by atoms with van der Waals surface area (Å²) in [6.45, 7) is 2.55. The molecule has 0 radical (unpaired) electrons. The van der Waals surface area contributed by atoms with Crippen LogP contribution in [0.15, 0.2) is 60.7 Å². The molecule has 5 heteroatoms. The number of nitrogens with two attached hydrogens (primary N) is 1. The second-order valence-corrected chi connectivity index (χ2v) is 9.28. The molecule has 2 aliphatic heterocycles. The van der Waals surface area contributed by atoms with Crippen molar-refractivity contribution in [2.45, 2.75) is 61.9 Å². The van der Waals surface area contributed by atoms with E-state index in [1.807, 2.05) is 36.4 Å². The van der Waals surface area contributed by atoms with E-state index in [-0.39, 0.29) is 11.9 Å². The monoisotopic (exact) mass is 430 g/mol. The largest absolute Gasteiger partial charge is 0.368 e. The van der Waals surface area contributed by atoms with Crippen LogP contribution in [-0.2, 0) is 10.2 Å². The van der Waals surface area contributed by atoms with Gasteiger partial charge in [-0.25, -0.2) is 0 Å². The van der Waals surface area contributed by atoms with Gasteiger partial charge in [0, 0.05) is 6.04 Å². The molecule has 2 aromatic rings. The van der Waals surface area contributed by atoms with Gasteiger partial charge in [-0.2, -0.15) is 5.26 Å². The Hall–Kier alpha value is -2.68. The number of primary amides is 1. The van der Waals surface area contributed by atoms with Crippen LogP contribution in [-0.4, -0.2) is 42.0 Å². The number of benzene rings is 2. The Morgan fingerprint density at radius 2 is 1.66 bits per heavy atom. The van der Waals surface area contributed by atoms with Crippen molar-refractivity contribution in [3.63, 3.8) is 0 Å². The van der Waals surface area contributed by atoms with E-state index in [1.54, 1.807) is 0 Å². The van der Waals surface area contributed by atoms with E-state index >= 15 is 0 Å². The maximum absolute atomic E-state index is 12.7. The molecule has 0 saturated carbocycles. The fraction of sp³-hybridized carbons (Fsp3) is 0.481. The summed E-state index contributed by atoms with van der Waals surface area (Å²) in [7, 11) is 0. The van der Waals surface area contributed by atoms with Crippen LogP contribution in [0, 0.1) is 11.3 Å². The van der Waals surface area contributed by atoms with Crippen LogP contribution >= 0.6 is 0 Å². The Bertz CT molecular complexity index is 892. The summed E-state index contributed by atoms with van der Waals surface area (Å²) in [6, 6.07) is 23.2. The van der Waals surface area contributed by atoms with E-state index in [1.165, 1.54) is 0 Å². The van der Waals surface area contributed by atoms with Crippen molar-refractivity contribution in [1.29, 1.82) is 5.26 Å². The third kappa shape index (κ3) is 4.18. The van der Waals surface area contributed by atoms with Crippen molar-refractivity contribution < 1.29 is 4.79 Å². The van der Waals surface area contributed by atoms with Gasteiger partial charge in [-0.3, -0.25) is 9.69 Å². The molecular formula is C27H34N4O. The molecule has 5 nitrogen and oxygen atoms in total. The van der Waals surface area contributed by atoms with Gasteiger partial charge in [0.05, 0.1) is 6.07 Å². The summed E-state index contributed by atoms with van der Waals surface area (Å²) in [5.41, 5.74) is 6.81. The average molecular weight is 431 g/mol. The molecule has 2 aromatic carbocycles. The Morgan fingerprint density at radius 3 is 2.19 bits per heavy atom. The molecule has 2 aliphatic rings. The first-order valence-corrected chi connectivity index (χ1v) is 11.9. The van der Waals surface area contributed by atoms with Gasteiger partial charge < -0.3 is 11.1 Å². The lowest BCUT2D eigenvalue weighted by molar-refractivity contribution is -0.136. The molecule has 0 bridgehead atoms. The number of carbonyl (C=O) groups excluding carboxylic acids is 1. The number of carbonyl (C=O) groups is 1. The van der Waals surface area contributed by atoms with Crippen LogP contribution in [0.4, 0.5) is 0 Å². The normalized spacial score (nSPS) is 21.5. The minimum Gasteiger partial charge on any atom is -0.368 e. The highest BCUT2D eigenvalue weighted by molar-refractivity contribution is 5.85. The van der Waals surface area contributed by atoms with Crippen LogP contribution in [0.3, 0.4) is 0 Å². The molecule has 0 aliphatic carbocycles. The third-order valence-corrected chi connectivity index (χ3v) is 7.64. The number of nitriles is 1. The molecule has 1 amide bonds. The standard InChI is InChI=1S/C27H34N4O/c28-21-26(22-9-3-1-4-10-22,23-11-5-2-6-12-23)15-14-24-13-7-8-20-31(24)27(25(29)32)16-18-30-19-17-27/h1-6,9-12,24,30H,7-8,13-20H2,(H2,29,32). The SMILES string of the molecule is N#CC(CCC1CCCCN1C1(C(N)=O)CCNCC1)(c1ccccc1)c1ccccc1. The number of hydrogen-bond acceptors (Lipinski definition) is 4. The molecule has 0 spiro atoms. The summed E-state index contributed by atoms with van der Waals surface area (Å²) in [5, 5.41) is 13.9. The van der Waals surface area contributed by atoms with Crippen LogP contribution in [0.1, 0.15) is 56.1 Å². The van der Waals surface area contributed by atoms with Crippen molar-refractivity contribution >= 4 is 5.91 Å². The molecule has 168 valence electrons. The van der Waals surface area contributed by atoms with E-state index < -0.39 is 11.0 Å². The van der Waals surface area contributed by atoms with Crippen molar-refractivity contribution in [3.8, 4) is 6.07 Å². The minimum atomic E-state index is -0.709. The number of nitrogens with one attached hydrogen (secondary N) is 1. The van der Waals surface area contributed by atoms with Gasteiger partial charge in [0.25, 0.3) is 0 Å². The Labute approximate surface area is 191 Å². The summed E-state index contributed by atoms with van der Waals surface area (Å²) in [5.74, 6) is -0.191. The molecule has 1 atom stereocenters. The van der Waals surface area contributed by atoms with Gasteiger partial charge in [-0.1, -0.05) is 67.1 Å². The van der Waals surface area contributed by atoms with Crippen LogP contribution in [0.2, 0.25) is 0 Å². The van der Waals surface area contributed by atoms with E-state index in [2.05, 4.69) is 40.6 Å². The van der Waals surface area contributed by atoms with E-state index in [9.17, 15) is 10.1 Å². The number of amides is 1. The number of hydrogen-bond donors (Lipinski definition) is 2. The first-order chi connectivity index (χ1) is 15.6. The molecule has 2 saturated heterocycles. The summed E-state index contributed by atoms with van der Waals surface area (Å²) in [6.07, 6.45) is 6.41. The first kappa shape index (κ1) is 22.5. The molecule has 32 heavy (non-hydrogen) atoms. The predicted octanol–water partition coefficient (Wildman–Crippen LogP) is 3.74. The van der Waals surface area contributed by atoms with Gasteiger partial charge in [-0.15, -0.1) is 0 Å². The highest BCUT2D eigenvalue weighted by Crippen LogP contribution is 2.40. The molecule has 0 aromatic heterocycles. The lowest BCUT2D eigenvalue weighted by Gasteiger charge is -2.50. The maximum atomic E-state index is 12.7. The Morgan fingerprint density at radius 1 is 1.06 bits per heavy atom. The highest BCUT2D eigenvalue weighted by atomic mass is 16.1. The zero-order chi connectivity index (χ0) is 22.4. The molecular weight excluding hydrogens is 396 g/mol. The number of rotatable bonds is 7. The topological polar surface area (TPSA) is 82.2 Å². The van der Waals surface area contributed by atoms with Crippen molar-refractivity contribution in [1.82, 2.24) is 10.2 Å². The minimum absolute atomic E-state index is 0.191. The van der Waals surface area contributed by atoms with Crippen LogP contribution < -0.4 is 11.1 Å². The summed E-state index contributed by atoms with van der Waals surface area (Å²) >= 11 is 0. The fourth-order valence-electron chi connectivity index (χ4n) is 5.85. The molecule has 2 heterocycles. The lowest BCUT2D eigenvalue weighted by atomic mass is 9.71. The average Bonchev–Trinajstić information content (AvgIpc) is 2.86. The Kier molecular flexibility index (Phi) is 6.93.